The van der Waals surface area contributed by atoms with E-state index in [1.165, 1.54) is 57.4 Å². The SMILES string of the molecule is Fc1cc(CCC2CCC(C3CCC(/C=C/Cl)CC3)CC2)ccc1C(F)(F)F. The van der Waals surface area contributed by atoms with Gasteiger partial charge in [0, 0.05) is 5.54 Å². The molecule has 2 aliphatic rings. The Morgan fingerprint density at radius 1 is 0.929 bits per heavy atom. The van der Waals surface area contributed by atoms with Crippen LogP contribution in [0, 0.1) is 29.5 Å². The molecule has 0 heterocycles. The third-order valence-corrected chi connectivity index (χ3v) is 7.05. The molecule has 0 nitrogen and oxygen atoms in total. The van der Waals surface area contributed by atoms with Gasteiger partial charge in [-0.3, -0.25) is 0 Å². The van der Waals surface area contributed by atoms with E-state index in [2.05, 4.69) is 6.08 Å². The molecule has 0 spiro atoms. The van der Waals surface area contributed by atoms with Crippen molar-refractivity contribution in [3.05, 3.63) is 46.8 Å². The van der Waals surface area contributed by atoms with Crippen LogP contribution in [-0.2, 0) is 12.6 Å². The minimum absolute atomic E-state index is 0.608. The smallest absolute Gasteiger partial charge is 0.206 e. The lowest BCUT2D eigenvalue weighted by Gasteiger charge is -2.37. The van der Waals surface area contributed by atoms with Gasteiger partial charge < -0.3 is 0 Å². The third kappa shape index (κ3) is 5.75. The van der Waals surface area contributed by atoms with Gasteiger partial charge in [0.2, 0.25) is 0 Å². The maximum atomic E-state index is 13.7. The molecule has 0 N–H and O–H groups in total. The second-order valence-corrected chi connectivity index (χ2v) is 8.88. The van der Waals surface area contributed by atoms with Crippen molar-refractivity contribution in [2.75, 3.05) is 0 Å². The van der Waals surface area contributed by atoms with E-state index < -0.39 is 17.6 Å². The van der Waals surface area contributed by atoms with Crippen LogP contribution in [0.25, 0.3) is 0 Å². The van der Waals surface area contributed by atoms with Crippen LogP contribution in [0.4, 0.5) is 17.6 Å². The minimum Gasteiger partial charge on any atom is -0.206 e. The molecule has 0 atom stereocenters. The van der Waals surface area contributed by atoms with Crippen LogP contribution in [0.1, 0.15) is 68.9 Å². The first-order valence-electron chi connectivity index (χ1n) is 10.5. The number of alkyl halides is 3. The number of hydrogen-bond donors (Lipinski definition) is 0. The largest absolute Gasteiger partial charge is 0.419 e. The molecule has 28 heavy (non-hydrogen) atoms. The van der Waals surface area contributed by atoms with E-state index in [9.17, 15) is 17.6 Å². The highest BCUT2D eigenvalue weighted by atomic mass is 35.5. The topological polar surface area (TPSA) is 0 Å². The average Bonchev–Trinajstić information content (AvgIpc) is 2.67. The quantitative estimate of drug-likeness (QED) is 0.425. The molecule has 2 aliphatic carbocycles. The summed E-state index contributed by atoms with van der Waals surface area (Å²) in [5.74, 6) is 1.75. The van der Waals surface area contributed by atoms with Crippen LogP contribution >= 0.6 is 11.6 Å². The Balaban J connectivity index is 1.42. The van der Waals surface area contributed by atoms with Gasteiger partial charge >= 0.3 is 6.18 Å². The summed E-state index contributed by atoms with van der Waals surface area (Å²) < 4.78 is 51.7. The van der Waals surface area contributed by atoms with Crippen LogP contribution in [0.2, 0.25) is 0 Å². The third-order valence-electron chi connectivity index (χ3n) is 6.90. The molecule has 3 rings (SSSR count). The van der Waals surface area contributed by atoms with Gasteiger partial charge in [0.1, 0.15) is 5.82 Å². The molecular formula is C23H29ClF4. The number of aryl methyl sites for hydroxylation is 1. The van der Waals surface area contributed by atoms with Crippen LogP contribution in [-0.4, -0.2) is 0 Å². The predicted octanol–water partition coefficient (Wildman–Crippen LogP) is 8.14. The van der Waals surface area contributed by atoms with Gasteiger partial charge in [0.15, 0.2) is 0 Å². The Bertz CT molecular complexity index is 651. The van der Waals surface area contributed by atoms with Crippen LogP contribution in [0.3, 0.4) is 0 Å². The van der Waals surface area contributed by atoms with Gasteiger partial charge in [-0.15, -0.1) is 0 Å². The number of hydrogen-bond acceptors (Lipinski definition) is 0. The molecule has 5 heteroatoms. The lowest BCUT2D eigenvalue weighted by atomic mass is 9.68. The second kappa shape index (κ2) is 9.65. The molecule has 0 amide bonds. The highest BCUT2D eigenvalue weighted by molar-refractivity contribution is 6.25. The molecule has 0 aromatic heterocycles. The van der Waals surface area contributed by atoms with E-state index in [1.807, 2.05) is 0 Å². The highest BCUT2D eigenvalue weighted by Gasteiger charge is 2.34. The predicted molar refractivity (Wildman–Crippen MR) is 106 cm³/mol. The molecule has 156 valence electrons. The standard InChI is InChI=1S/C23H29ClF4/c24-14-13-17-5-10-20(11-6-17)19-8-3-16(4-9-19)1-2-18-7-12-21(22(25)15-18)23(26,27)28/h7,12-17,19-20H,1-6,8-11H2/b14-13+. The van der Waals surface area contributed by atoms with Crippen molar-refractivity contribution in [2.45, 2.75) is 70.4 Å². The van der Waals surface area contributed by atoms with E-state index >= 15 is 0 Å². The fourth-order valence-electron chi connectivity index (χ4n) is 5.17. The number of allylic oxidation sites excluding steroid dienone is 1. The Labute approximate surface area is 170 Å². The molecule has 0 radical (unpaired) electrons. The second-order valence-electron chi connectivity index (χ2n) is 8.62. The van der Waals surface area contributed by atoms with Gasteiger partial charge in [-0.1, -0.05) is 36.6 Å². The number of rotatable bonds is 5. The summed E-state index contributed by atoms with van der Waals surface area (Å²) in [6.45, 7) is 0. The zero-order valence-electron chi connectivity index (χ0n) is 16.2. The molecule has 1 aromatic rings. The zero-order valence-corrected chi connectivity index (χ0v) is 16.9. The first-order valence-corrected chi connectivity index (χ1v) is 10.9. The number of halogens is 5. The van der Waals surface area contributed by atoms with Crippen LogP contribution in [0.15, 0.2) is 29.8 Å². The zero-order chi connectivity index (χ0) is 20.1. The lowest BCUT2D eigenvalue weighted by molar-refractivity contribution is -0.140. The maximum Gasteiger partial charge on any atom is 0.419 e. The monoisotopic (exact) mass is 416 g/mol. The summed E-state index contributed by atoms with van der Waals surface area (Å²) in [5, 5.41) is 0. The molecule has 0 aliphatic heterocycles. The minimum atomic E-state index is -4.62. The number of benzene rings is 1. The van der Waals surface area contributed by atoms with Gasteiger partial charge in [0.05, 0.1) is 5.56 Å². The van der Waals surface area contributed by atoms with Gasteiger partial charge in [-0.2, -0.15) is 13.2 Å². The lowest BCUT2D eigenvalue weighted by Crippen LogP contribution is -2.25. The van der Waals surface area contributed by atoms with Gasteiger partial charge in [-0.25, -0.2) is 4.39 Å². The molecular weight excluding hydrogens is 388 g/mol. The molecule has 2 saturated carbocycles. The summed E-state index contributed by atoms with van der Waals surface area (Å²) in [4.78, 5) is 0. The van der Waals surface area contributed by atoms with E-state index in [1.54, 1.807) is 5.54 Å². The summed E-state index contributed by atoms with van der Waals surface area (Å²) in [7, 11) is 0. The maximum absolute atomic E-state index is 13.7. The van der Waals surface area contributed by atoms with Crippen LogP contribution in [0.5, 0.6) is 0 Å². The molecule has 2 fully saturated rings. The normalized spacial score (nSPS) is 29.3. The van der Waals surface area contributed by atoms with E-state index in [-0.39, 0.29) is 0 Å². The van der Waals surface area contributed by atoms with Crippen molar-refractivity contribution in [1.29, 1.82) is 0 Å². The van der Waals surface area contributed by atoms with Crippen molar-refractivity contribution < 1.29 is 17.6 Å². The van der Waals surface area contributed by atoms with Crippen molar-refractivity contribution in [3.8, 4) is 0 Å². The molecule has 0 bridgehead atoms. The summed E-state index contributed by atoms with van der Waals surface area (Å²) >= 11 is 5.69. The van der Waals surface area contributed by atoms with Crippen molar-refractivity contribution in [1.82, 2.24) is 0 Å². The summed E-state index contributed by atoms with van der Waals surface area (Å²) in [6, 6.07) is 3.35. The average molecular weight is 417 g/mol. The van der Waals surface area contributed by atoms with Crippen molar-refractivity contribution in [3.63, 3.8) is 0 Å². The van der Waals surface area contributed by atoms with Gasteiger partial charge in [0.25, 0.3) is 0 Å². The fourth-order valence-corrected chi connectivity index (χ4v) is 5.38. The molecule has 0 unspecified atom stereocenters. The Morgan fingerprint density at radius 2 is 1.54 bits per heavy atom. The van der Waals surface area contributed by atoms with Crippen LogP contribution < -0.4 is 0 Å². The Morgan fingerprint density at radius 3 is 2.07 bits per heavy atom. The Hall–Kier alpha value is -1.03. The summed E-state index contributed by atoms with van der Waals surface area (Å²) in [6.07, 6.45) is 9.06. The van der Waals surface area contributed by atoms with Gasteiger partial charge in [-0.05, 0) is 92.7 Å². The van der Waals surface area contributed by atoms with E-state index in [0.717, 1.165) is 30.4 Å². The van der Waals surface area contributed by atoms with Crippen molar-refractivity contribution >= 4 is 11.6 Å². The Kier molecular flexibility index (Phi) is 7.47. The van der Waals surface area contributed by atoms with Crippen molar-refractivity contribution in [2.24, 2.45) is 23.7 Å². The van der Waals surface area contributed by atoms with E-state index in [4.69, 9.17) is 11.6 Å². The molecule has 0 saturated heterocycles. The van der Waals surface area contributed by atoms with E-state index in [0.29, 0.717) is 23.8 Å². The molecule has 1 aromatic carbocycles. The summed E-state index contributed by atoms with van der Waals surface area (Å²) in [5.41, 5.74) is 1.14. The first kappa shape index (κ1) is 21.7. The first-order chi connectivity index (χ1) is 13.4. The highest BCUT2D eigenvalue weighted by Crippen LogP contribution is 2.42. The fraction of sp³-hybridized carbons (Fsp3) is 0.652.